The van der Waals surface area contributed by atoms with Crippen LogP contribution < -0.4 is 10.6 Å². The minimum Gasteiger partial charge on any atom is -0.381 e. The molecule has 2 unspecified atom stereocenters. The largest absolute Gasteiger partial charge is 0.381 e. The third-order valence-electron chi connectivity index (χ3n) is 5.88. The second kappa shape index (κ2) is 6.22. The Morgan fingerprint density at radius 2 is 2.07 bits per heavy atom. The van der Waals surface area contributed by atoms with Crippen LogP contribution in [0, 0.1) is 0 Å². The maximum absolute atomic E-state index is 13.1. The predicted molar refractivity (Wildman–Crippen MR) is 108 cm³/mol. The van der Waals surface area contributed by atoms with E-state index >= 15 is 0 Å². The molecule has 7 nitrogen and oxygen atoms in total. The molecule has 1 aromatic carbocycles. The van der Waals surface area contributed by atoms with Crippen molar-refractivity contribution in [1.82, 2.24) is 8.96 Å². The Bertz CT molecular complexity index is 1140. The fourth-order valence-electron chi connectivity index (χ4n) is 4.36. The topological polar surface area (TPSA) is 85.2 Å². The highest BCUT2D eigenvalue weighted by Crippen LogP contribution is 2.43. The maximum atomic E-state index is 13.1. The molecule has 2 N–H and O–H groups in total. The van der Waals surface area contributed by atoms with Crippen LogP contribution in [0.25, 0.3) is 11.0 Å². The molecular weight excluding hydrogens is 376 g/mol. The first kappa shape index (κ1) is 17.5. The van der Waals surface area contributed by atoms with Gasteiger partial charge in [0, 0.05) is 25.2 Å². The molecule has 28 heavy (non-hydrogen) atoms. The number of rotatable bonds is 3. The minimum absolute atomic E-state index is 0.0810. The van der Waals surface area contributed by atoms with Gasteiger partial charge in [-0.15, -0.1) is 0 Å². The number of hydrogen-bond donors (Lipinski definition) is 2. The first-order valence-corrected chi connectivity index (χ1v) is 10.8. The van der Waals surface area contributed by atoms with Gasteiger partial charge in [-0.05, 0) is 37.5 Å². The summed E-state index contributed by atoms with van der Waals surface area (Å²) < 4.78 is 33.0. The molecule has 0 radical (unpaired) electrons. The predicted octanol–water partition coefficient (Wildman–Crippen LogP) is 3.05. The Morgan fingerprint density at radius 1 is 1.25 bits per heavy atom. The molecule has 1 fully saturated rings. The van der Waals surface area contributed by atoms with Crippen molar-refractivity contribution in [2.45, 2.75) is 35.8 Å². The van der Waals surface area contributed by atoms with Gasteiger partial charge in [0.25, 0.3) is 10.0 Å². The summed E-state index contributed by atoms with van der Waals surface area (Å²) in [7, 11) is -1.95. The van der Waals surface area contributed by atoms with Crippen LogP contribution >= 0.6 is 0 Å². The van der Waals surface area contributed by atoms with Crippen molar-refractivity contribution in [2.75, 3.05) is 24.3 Å². The van der Waals surface area contributed by atoms with E-state index in [-0.39, 0.29) is 16.5 Å². The van der Waals surface area contributed by atoms with E-state index in [0.717, 1.165) is 42.6 Å². The fraction of sp³-hybridized carbons (Fsp3) is 0.350. The average molecular weight is 398 g/mol. The summed E-state index contributed by atoms with van der Waals surface area (Å²) in [6, 6.07) is 10.2. The second-order valence-corrected chi connectivity index (χ2v) is 9.39. The number of ether oxygens (including phenoxy) is 1. The number of benzene rings is 1. The normalized spacial score (nSPS) is 24.1. The number of nitrogens with zero attached hydrogens (tertiary/aromatic N) is 2. The Labute approximate surface area is 163 Å². The summed E-state index contributed by atoms with van der Waals surface area (Å²) in [5, 5.41) is 7.96. The Morgan fingerprint density at radius 3 is 2.82 bits per heavy atom. The Kier molecular flexibility index (Phi) is 3.89. The van der Waals surface area contributed by atoms with Crippen molar-refractivity contribution in [3.8, 4) is 0 Å². The van der Waals surface area contributed by atoms with Gasteiger partial charge in [0.1, 0.15) is 0 Å². The third-order valence-corrected chi connectivity index (χ3v) is 7.57. The Hall–Kier alpha value is -2.58. The van der Waals surface area contributed by atoms with Crippen LogP contribution in [-0.4, -0.2) is 42.7 Å². The first-order valence-electron chi connectivity index (χ1n) is 9.38. The van der Waals surface area contributed by atoms with Crippen molar-refractivity contribution < 1.29 is 13.2 Å². The molecule has 2 aliphatic rings. The second-order valence-electron chi connectivity index (χ2n) is 7.57. The standard InChI is InChI=1S/C20H22N4O3S/c1-27-14-7-9-20(11-14)13-22-17-12-21-19-16(18(17)23-20)8-10-24(19)28(25,26)15-5-3-2-4-6-15/h2-6,8,10,12,14,22-23H,7,9,11,13H2,1H3. The average Bonchev–Trinajstić information content (AvgIpc) is 3.33. The molecule has 0 amide bonds. The van der Waals surface area contributed by atoms with Crippen molar-refractivity contribution >= 4 is 32.4 Å². The number of fused-ring (bicyclic) bond motifs is 3. The SMILES string of the molecule is COC1CCC2(CNc3cnc4c(ccn4S(=O)(=O)c4ccccc4)c3N2)C1. The molecule has 3 aromatic rings. The lowest BCUT2D eigenvalue weighted by molar-refractivity contribution is 0.105. The third kappa shape index (κ3) is 2.59. The lowest BCUT2D eigenvalue weighted by Gasteiger charge is -2.38. The van der Waals surface area contributed by atoms with E-state index < -0.39 is 10.0 Å². The summed E-state index contributed by atoms with van der Waals surface area (Å²) in [5.74, 6) is 0. The van der Waals surface area contributed by atoms with Gasteiger partial charge in [-0.2, -0.15) is 0 Å². The van der Waals surface area contributed by atoms with Gasteiger partial charge in [0.2, 0.25) is 0 Å². The lowest BCUT2D eigenvalue weighted by atomic mass is 9.94. The zero-order valence-corrected chi connectivity index (χ0v) is 16.4. The molecule has 8 heteroatoms. The van der Waals surface area contributed by atoms with Crippen LogP contribution in [0.4, 0.5) is 11.4 Å². The highest BCUT2D eigenvalue weighted by Gasteiger charge is 2.42. The smallest absolute Gasteiger partial charge is 0.269 e. The van der Waals surface area contributed by atoms with E-state index in [1.165, 1.54) is 3.97 Å². The van der Waals surface area contributed by atoms with Gasteiger partial charge < -0.3 is 15.4 Å². The summed E-state index contributed by atoms with van der Waals surface area (Å²) in [5.41, 5.74) is 2.15. The summed E-state index contributed by atoms with van der Waals surface area (Å²) in [6.07, 6.45) is 6.47. The van der Waals surface area contributed by atoms with E-state index in [1.54, 1.807) is 49.8 Å². The molecule has 1 spiro atoms. The minimum atomic E-state index is -3.70. The van der Waals surface area contributed by atoms with E-state index in [1.807, 2.05) is 6.07 Å². The van der Waals surface area contributed by atoms with Crippen molar-refractivity contribution in [3.05, 3.63) is 48.8 Å². The fourth-order valence-corrected chi connectivity index (χ4v) is 5.68. The van der Waals surface area contributed by atoms with Crippen molar-refractivity contribution in [1.29, 1.82) is 0 Å². The molecule has 0 bridgehead atoms. The Balaban J connectivity index is 1.59. The van der Waals surface area contributed by atoms with Crippen LogP contribution in [0.15, 0.2) is 53.7 Å². The van der Waals surface area contributed by atoms with Gasteiger partial charge in [0.05, 0.1) is 34.1 Å². The van der Waals surface area contributed by atoms with Crippen LogP contribution in [-0.2, 0) is 14.8 Å². The quantitative estimate of drug-likeness (QED) is 0.705. The monoisotopic (exact) mass is 398 g/mol. The molecule has 2 atom stereocenters. The molecular formula is C20H22N4O3S. The molecule has 2 aromatic heterocycles. The van der Waals surface area contributed by atoms with Gasteiger partial charge in [0.15, 0.2) is 5.65 Å². The molecule has 0 saturated heterocycles. The molecule has 3 heterocycles. The van der Waals surface area contributed by atoms with E-state index in [2.05, 4.69) is 15.6 Å². The van der Waals surface area contributed by atoms with Crippen LogP contribution in [0.5, 0.6) is 0 Å². The van der Waals surface area contributed by atoms with Gasteiger partial charge in [-0.1, -0.05) is 18.2 Å². The van der Waals surface area contributed by atoms with Crippen LogP contribution in [0.1, 0.15) is 19.3 Å². The van der Waals surface area contributed by atoms with Crippen LogP contribution in [0.2, 0.25) is 0 Å². The molecule has 1 aliphatic heterocycles. The lowest BCUT2D eigenvalue weighted by Crippen LogP contribution is -2.46. The highest BCUT2D eigenvalue weighted by atomic mass is 32.2. The number of hydrogen-bond acceptors (Lipinski definition) is 6. The maximum Gasteiger partial charge on any atom is 0.269 e. The van der Waals surface area contributed by atoms with E-state index in [4.69, 9.17) is 4.74 Å². The number of aromatic nitrogens is 2. The van der Waals surface area contributed by atoms with Gasteiger partial charge in [-0.3, -0.25) is 0 Å². The number of anilines is 2. The summed E-state index contributed by atoms with van der Waals surface area (Å²) in [6.45, 7) is 0.802. The number of nitrogens with one attached hydrogen (secondary N) is 2. The van der Waals surface area contributed by atoms with Gasteiger partial charge in [-0.25, -0.2) is 17.4 Å². The number of pyridine rings is 1. The summed E-state index contributed by atoms with van der Waals surface area (Å²) in [4.78, 5) is 4.69. The van der Waals surface area contributed by atoms with Crippen molar-refractivity contribution in [2.24, 2.45) is 0 Å². The molecule has 1 aliphatic carbocycles. The van der Waals surface area contributed by atoms with E-state index in [9.17, 15) is 8.42 Å². The zero-order chi connectivity index (χ0) is 19.4. The molecule has 146 valence electrons. The zero-order valence-electron chi connectivity index (χ0n) is 15.6. The van der Waals surface area contributed by atoms with E-state index in [0.29, 0.717) is 5.65 Å². The summed E-state index contributed by atoms with van der Waals surface area (Å²) >= 11 is 0. The highest BCUT2D eigenvalue weighted by molar-refractivity contribution is 7.90. The molecule has 5 rings (SSSR count). The number of methoxy groups -OCH3 is 1. The first-order chi connectivity index (χ1) is 13.5. The van der Waals surface area contributed by atoms with Crippen LogP contribution in [0.3, 0.4) is 0 Å². The van der Waals surface area contributed by atoms with Crippen molar-refractivity contribution in [3.63, 3.8) is 0 Å². The molecule has 1 saturated carbocycles. The van der Waals surface area contributed by atoms with Gasteiger partial charge >= 0.3 is 0 Å².